The summed E-state index contributed by atoms with van der Waals surface area (Å²) in [7, 11) is 1.63. The highest BCUT2D eigenvalue weighted by atomic mass is 16.5. The fourth-order valence-corrected chi connectivity index (χ4v) is 4.22. The number of benzene rings is 3. The summed E-state index contributed by atoms with van der Waals surface area (Å²) in [5.74, 6) is 0.509. The Bertz CT molecular complexity index is 1160. The Hall–Kier alpha value is -3.60. The lowest BCUT2D eigenvalue weighted by atomic mass is 9.99. The van der Waals surface area contributed by atoms with Gasteiger partial charge in [-0.15, -0.1) is 0 Å². The lowest BCUT2D eigenvalue weighted by Gasteiger charge is -2.32. The van der Waals surface area contributed by atoms with Gasteiger partial charge in [-0.3, -0.25) is 9.59 Å². The lowest BCUT2D eigenvalue weighted by molar-refractivity contribution is -0.141. The third-order valence-corrected chi connectivity index (χ3v) is 6.61. The van der Waals surface area contributed by atoms with E-state index in [4.69, 9.17) is 4.74 Å². The molecule has 1 N–H and O–H groups in total. The standard InChI is InChI=1S/C31H38N2O3/c1-6-24(4)32-31(35)29(19-25-11-8-7-9-12-25)33(21-26-13-10-14-28(18-26)36-5)30(34)20-27-17-22(2)15-16-23(27)3/h7-18,24,29H,6,19-21H2,1-5H3,(H,32,35)/t24-,29-/m0/s1. The second-order valence-corrected chi connectivity index (χ2v) is 9.50. The Morgan fingerprint density at radius 1 is 0.944 bits per heavy atom. The van der Waals surface area contributed by atoms with E-state index in [2.05, 4.69) is 17.4 Å². The molecule has 0 bridgehead atoms. The van der Waals surface area contributed by atoms with Crippen LogP contribution in [-0.4, -0.2) is 35.9 Å². The minimum Gasteiger partial charge on any atom is -0.497 e. The smallest absolute Gasteiger partial charge is 0.243 e. The van der Waals surface area contributed by atoms with E-state index in [0.29, 0.717) is 13.0 Å². The first-order valence-corrected chi connectivity index (χ1v) is 12.6. The number of nitrogens with zero attached hydrogens (tertiary/aromatic N) is 1. The maximum absolute atomic E-state index is 13.9. The van der Waals surface area contributed by atoms with E-state index >= 15 is 0 Å². The molecule has 2 atom stereocenters. The predicted molar refractivity (Wildman–Crippen MR) is 145 cm³/mol. The van der Waals surface area contributed by atoms with Crippen LogP contribution in [0.3, 0.4) is 0 Å². The average Bonchev–Trinajstić information content (AvgIpc) is 2.88. The largest absolute Gasteiger partial charge is 0.497 e. The first-order chi connectivity index (χ1) is 17.3. The number of hydrogen-bond donors (Lipinski definition) is 1. The normalized spacial score (nSPS) is 12.5. The van der Waals surface area contributed by atoms with E-state index in [-0.39, 0.29) is 24.3 Å². The molecule has 0 aliphatic rings. The molecule has 0 saturated carbocycles. The van der Waals surface area contributed by atoms with Gasteiger partial charge < -0.3 is 15.0 Å². The van der Waals surface area contributed by atoms with Gasteiger partial charge in [-0.1, -0.05) is 73.2 Å². The van der Waals surface area contributed by atoms with E-state index in [1.807, 2.05) is 88.4 Å². The molecule has 190 valence electrons. The van der Waals surface area contributed by atoms with Crippen LogP contribution >= 0.6 is 0 Å². The van der Waals surface area contributed by atoms with Gasteiger partial charge in [0.2, 0.25) is 11.8 Å². The molecule has 3 rings (SSSR count). The molecule has 0 unspecified atom stereocenters. The Morgan fingerprint density at radius 2 is 1.67 bits per heavy atom. The molecule has 0 fully saturated rings. The zero-order valence-electron chi connectivity index (χ0n) is 22.1. The Balaban J connectivity index is 2.01. The number of ether oxygens (including phenoxy) is 1. The van der Waals surface area contributed by atoms with Crippen LogP contribution in [0.4, 0.5) is 0 Å². The van der Waals surface area contributed by atoms with Crippen LogP contribution in [0.25, 0.3) is 0 Å². The number of aryl methyl sites for hydroxylation is 2. The molecule has 5 heteroatoms. The quantitative estimate of drug-likeness (QED) is 0.394. The summed E-state index contributed by atoms with van der Waals surface area (Å²) in [5.41, 5.74) is 5.09. The Kier molecular flexibility index (Phi) is 9.69. The summed E-state index contributed by atoms with van der Waals surface area (Å²) in [4.78, 5) is 29.3. The molecule has 0 aliphatic carbocycles. The zero-order valence-corrected chi connectivity index (χ0v) is 22.1. The predicted octanol–water partition coefficient (Wildman–Crippen LogP) is 5.41. The number of nitrogens with one attached hydrogen (secondary N) is 1. The molecule has 0 heterocycles. The van der Waals surface area contributed by atoms with Crippen molar-refractivity contribution in [1.82, 2.24) is 10.2 Å². The number of carbonyl (C=O) groups excluding carboxylic acids is 2. The number of methoxy groups -OCH3 is 1. The third-order valence-electron chi connectivity index (χ3n) is 6.61. The van der Waals surface area contributed by atoms with Gasteiger partial charge in [-0.25, -0.2) is 0 Å². The summed E-state index contributed by atoms with van der Waals surface area (Å²) < 4.78 is 5.41. The summed E-state index contributed by atoms with van der Waals surface area (Å²) in [6.07, 6.45) is 1.49. The molecule has 3 aromatic carbocycles. The van der Waals surface area contributed by atoms with Gasteiger partial charge >= 0.3 is 0 Å². The fraction of sp³-hybridized carbons (Fsp3) is 0.355. The molecule has 0 spiro atoms. The highest BCUT2D eigenvalue weighted by molar-refractivity contribution is 5.89. The number of carbonyl (C=O) groups is 2. The maximum atomic E-state index is 13.9. The van der Waals surface area contributed by atoms with Crippen LogP contribution in [0.5, 0.6) is 5.75 Å². The van der Waals surface area contributed by atoms with E-state index in [9.17, 15) is 9.59 Å². The molecule has 0 aromatic heterocycles. The van der Waals surface area contributed by atoms with Gasteiger partial charge in [0.05, 0.1) is 13.5 Å². The van der Waals surface area contributed by atoms with Crippen molar-refractivity contribution in [3.8, 4) is 5.75 Å². The van der Waals surface area contributed by atoms with Gasteiger partial charge in [0.1, 0.15) is 11.8 Å². The molecule has 2 amide bonds. The molecule has 0 aliphatic heterocycles. The molecule has 3 aromatic rings. The maximum Gasteiger partial charge on any atom is 0.243 e. The minimum absolute atomic E-state index is 0.0172. The van der Waals surface area contributed by atoms with Crippen molar-refractivity contribution in [2.45, 2.75) is 65.6 Å². The first-order valence-electron chi connectivity index (χ1n) is 12.6. The second kappa shape index (κ2) is 12.9. The van der Waals surface area contributed by atoms with E-state index < -0.39 is 6.04 Å². The van der Waals surface area contributed by atoms with Gasteiger partial charge in [0, 0.05) is 19.0 Å². The Morgan fingerprint density at radius 3 is 2.36 bits per heavy atom. The molecule has 5 nitrogen and oxygen atoms in total. The zero-order chi connectivity index (χ0) is 26.1. The summed E-state index contributed by atoms with van der Waals surface area (Å²) in [5, 5.41) is 3.12. The van der Waals surface area contributed by atoms with Crippen LogP contribution in [0.1, 0.15) is 48.1 Å². The van der Waals surface area contributed by atoms with Crippen molar-refractivity contribution in [2.24, 2.45) is 0 Å². The lowest BCUT2D eigenvalue weighted by Crippen LogP contribution is -2.52. The first kappa shape index (κ1) is 27.0. The molecule has 36 heavy (non-hydrogen) atoms. The van der Waals surface area contributed by atoms with E-state index in [1.54, 1.807) is 12.0 Å². The summed E-state index contributed by atoms with van der Waals surface area (Å²) in [6, 6.07) is 23.1. The number of rotatable bonds is 11. The van der Waals surface area contributed by atoms with E-state index in [1.165, 1.54) is 0 Å². The van der Waals surface area contributed by atoms with Crippen molar-refractivity contribution in [1.29, 1.82) is 0 Å². The molecule has 0 saturated heterocycles. The van der Waals surface area contributed by atoms with E-state index in [0.717, 1.165) is 40.0 Å². The minimum atomic E-state index is -0.648. The highest BCUT2D eigenvalue weighted by Crippen LogP contribution is 2.21. The monoisotopic (exact) mass is 486 g/mol. The van der Waals surface area contributed by atoms with Gasteiger partial charge in [-0.05, 0) is 61.6 Å². The van der Waals surface area contributed by atoms with Crippen LogP contribution in [0.15, 0.2) is 72.8 Å². The number of amides is 2. The topological polar surface area (TPSA) is 58.6 Å². The van der Waals surface area contributed by atoms with Crippen molar-refractivity contribution in [3.63, 3.8) is 0 Å². The van der Waals surface area contributed by atoms with Gasteiger partial charge in [-0.2, -0.15) is 0 Å². The van der Waals surface area contributed by atoms with Crippen LogP contribution in [0, 0.1) is 13.8 Å². The fourth-order valence-electron chi connectivity index (χ4n) is 4.22. The highest BCUT2D eigenvalue weighted by Gasteiger charge is 2.31. The van der Waals surface area contributed by atoms with Crippen molar-refractivity contribution < 1.29 is 14.3 Å². The van der Waals surface area contributed by atoms with Crippen molar-refractivity contribution >= 4 is 11.8 Å². The molecular weight excluding hydrogens is 448 g/mol. The molecular formula is C31H38N2O3. The number of hydrogen-bond acceptors (Lipinski definition) is 3. The van der Waals surface area contributed by atoms with Gasteiger partial charge in [0.25, 0.3) is 0 Å². The molecule has 0 radical (unpaired) electrons. The summed E-state index contributed by atoms with van der Waals surface area (Å²) >= 11 is 0. The van der Waals surface area contributed by atoms with Crippen molar-refractivity contribution in [3.05, 3.63) is 101 Å². The van der Waals surface area contributed by atoms with Crippen LogP contribution in [-0.2, 0) is 29.0 Å². The third kappa shape index (κ3) is 7.45. The average molecular weight is 487 g/mol. The van der Waals surface area contributed by atoms with Crippen LogP contribution < -0.4 is 10.1 Å². The Labute approximate surface area is 215 Å². The SMILES string of the molecule is CC[C@H](C)NC(=O)[C@H](Cc1ccccc1)N(Cc1cccc(OC)c1)C(=O)Cc1cc(C)ccc1C. The van der Waals surface area contributed by atoms with Crippen LogP contribution in [0.2, 0.25) is 0 Å². The second-order valence-electron chi connectivity index (χ2n) is 9.50. The van der Waals surface area contributed by atoms with Crippen molar-refractivity contribution in [2.75, 3.05) is 7.11 Å². The summed E-state index contributed by atoms with van der Waals surface area (Å²) in [6.45, 7) is 8.38. The van der Waals surface area contributed by atoms with Gasteiger partial charge in [0.15, 0.2) is 0 Å².